The minimum absolute atomic E-state index is 0.338. The van der Waals surface area contributed by atoms with Gasteiger partial charge in [-0.25, -0.2) is 0 Å². The third-order valence-electron chi connectivity index (χ3n) is 4.21. The summed E-state index contributed by atoms with van der Waals surface area (Å²) in [6.45, 7) is 3.09. The second-order valence-corrected chi connectivity index (χ2v) is 6.32. The lowest BCUT2D eigenvalue weighted by atomic mass is 9.96. The number of nitrogens with zero attached hydrogens (tertiary/aromatic N) is 3. The van der Waals surface area contributed by atoms with E-state index in [0.29, 0.717) is 11.4 Å². The van der Waals surface area contributed by atoms with Crippen LogP contribution < -0.4 is 0 Å². The van der Waals surface area contributed by atoms with Crippen LogP contribution in [0.25, 0.3) is 0 Å². The van der Waals surface area contributed by atoms with Crippen LogP contribution in [0.2, 0.25) is 0 Å². The molecule has 0 radical (unpaired) electrons. The molecule has 1 aliphatic heterocycles. The fourth-order valence-electron chi connectivity index (χ4n) is 3.17. The highest BCUT2D eigenvalue weighted by Crippen LogP contribution is 2.27. The van der Waals surface area contributed by atoms with Crippen molar-refractivity contribution in [1.29, 1.82) is 0 Å². The summed E-state index contributed by atoms with van der Waals surface area (Å²) in [5.74, 6) is 0. The fraction of sp³-hybridized carbons (Fsp3) is 0.786. The van der Waals surface area contributed by atoms with Crippen molar-refractivity contribution in [1.82, 2.24) is 14.7 Å². The summed E-state index contributed by atoms with van der Waals surface area (Å²) >= 11 is 6.13. The normalized spacial score (nSPS) is 26.8. The molecule has 1 aliphatic carbocycles. The van der Waals surface area contributed by atoms with Gasteiger partial charge in [-0.2, -0.15) is 5.10 Å². The van der Waals surface area contributed by atoms with E-state index in [1.54, 1.807) is 0 Å². The Kier molecular flexibility index (Phi) is 3.90. The van der Waals surface area contributed by atoms with Gasteiger partial charge in [0.15, 0.2) is 0 Å². The van der Waals surface area contributed by atoms with Gasteiger partial charge in [-0.1, -0.05) is 19.3 Å². The highest BCUT2D eigenvalue weighted by Gasteiger charge is 2.21. The molecular formula is C14H22ClN3. The Balaban J connectivity index is 1.59. The minimum atomic E-state index is 0.338. The Morgan fingerprint density at radius 2 is 2.06 bits per heavy atom. The molecule has 2 fully saturated rings. The van der Waals surface area contributed by atoms with Gasteiger partial charge >= 0.3 is 0 Å². The molecule has 2 aliphatic rings. The molecule has 1 unspecified atom stereocenters. The first kappa shape index (κ1) is 12.5. The molecule has 3 nitrogen and oxygen atoms in total. The average Bonchev–Trinajstić information content (AvgIpc) is 3.01. The van der Waals surface area contributed by atoms with Crippen LogP contribution in [0.15, 0.2) is 12.3 Å². The summed E-state index contributed by atoms with van der Waals surface area (Å²) in [6.07, 6.45) is 10.0. The molecule has 3 rings (SSSR count). The predicted octanol–water partition coefficient (Wildman–Crippen LogP) is 3.20. The van der Waals surface area contributed by atoms with Crippen molar-refractivity contribution >= 4 is 11.6 Å². The summed E-state index contributed by atoms with van der Waals surface area (Å²) in [7, 11) is 0. The van der Waals surface area contributed by atoms with Crippen molar-refractivity contribution in [2.45, 2.75) is 56.5 Å². The van der Waals surface area contributed by atoms with E-state index in [2.05, 4.69) is 21.8 Å². The molecular weight excluding hydrogens is 246 g/mol. The summed E-state index contributed by atoms with van der Waals surface area (Å²) < 4.78 is 2.20. The maximum Gasteiger partial charge on any atom is 0.0764 e. The zero-order valence-electron chi connectivity index (χ0n) is 10.9. The van der Waals surface area contributed by atoms with Gasteiger partial charge < -0.3 is 0 Å². The molecule has 0 bridgehead atoms. The van der Waals surface area contributed by atoms with Crippen molar-refractivity contribution in [3.63, 3.8) is 0 Å². The van der Waals surface area contributed by atoms with E-state index in [1.807, 2.05) is 0 Å². The molecule has 100 valence electrons. The molecule has 4 heteroatoms. The molecule has 2 heterocycles. The molecule has 18 heavy (non-hydrogen) atoms. The van der Waals surface area contributed by atoms with Gasteiger partial charge in [0.25, 0.3) is 0 Å². The quantitative estimate of drug-likeness (QED) is 0.785. The molecule has 0 spiro atoms. The van der Waals surface area contributed by atoms with Gasteiger partial charge in [0.1, 0.15) is 0 Å². The molecule has 1 aromatic heterocycles. The number of rotatable bonds is 3. The highest BCUT2D eigenvalue weighted by molar-refractivity contribution is 6.20. The Bertz CT molecular complexity index is 384. The number of likely N-dealkylation sites (tertiary alicyclic amines) is 1. The van der Waals surface area contributed by atoms with Gasteiger partial charge in [0, 0.05) is 31.2 Å². The van der Waals surface area contributed by atoms with Gasteiger partial charge in [-0.15, -0.1) is 11.6 Å². The largest absolute Gasteiger partial charge is 0.296 e. The van der Waals surface area contributed by atoms with Gasteiger partial charge in [-0.3, -0.25) is 9.58 Å². The Morgan fingerprint density at radius 3 is 2.78 bits per heavy atom. The van der Waals surface area contributed by atoms with Crippen LogP contribution in [-0.4, -0.2) is 33.1 Å². The average molecular weight is 268 g/mol. The third kappa shape index (κ3) is 2.89. The maximum atomic E-state index is 6.13. The monoisotopic (exact) mass is 267 g/mol. The molecule has 1 saturated heterocycles. The van der Waals surface area contributed by atoms with E-state index in [0.717, 1.165) is 26.1 Å². The Hall–Kier alpha value is -0.540. The highest BCUT2D eigenvalue weighted by atomic mass is 35.5. The standard InChI is InChI=1S/C14H22ClN3/c15-12-6-8-17(10-12)11-13-7-9-18(16-13)14-4-2-1-3-5-14/h7,9,12,14H,1-6,8,10-11H2. The van der Waals surface area contributed by atoms with E-state index in [-0.39, 0.29) is 0 Å². The van der Waals surface area contributed by atoms with Crippen LogP contribution in [0, 0.1) is 0 Å². The first-order chi connectivity index (χ1) is 8.81. The van der Waals surface area contributed by atoms with Crippen molar-refractivity contribution in [2.24, 2.45) is 0 Å². The number of hydrogen-bond donors (Lipinski definition) is 0. The number of hydrogen-bond acceptors (Lipinski definition) is 2. The Morgan fingerprint density at radius 1 is 1.22 bits per heavy atom. The van der Waals surface area contributed by atoms with Crippen molar-refractivity contribution < 1.29 is 0 Å². The topological polar surface area (TPSA) is 21.1 Å². The number of aromatic nitrogens is 2. The van der Waals surface area contributed by atoms with E-state index < -0.39 is 0 Å². The lowest BCUT2D eigenvalue weighted by Gasteiger charge is -2.22. The van der Waals surface area contributed by atoms with E-state index in [1.165, 1.54) is 37.8 Å². The molecule has 1 atom stereocenters. The van der Waals surface area contributed by atoms with Crippen LogP contribution in [0.3, 0.4) is 0 Å². The molecule has 0 aromatic carbocycles. The fourth-order valence-corrected chi connectivity index (χ4v) is 3.46. The summed E-state index contributed by atoms with van der Waals surface area (Å²) in [4.78, 5) is 2.41. The molecule has 0 amide bonds. The maximum absolute atomic E-state index is 6.13. The zero-order chi connectivity index (χ0) is 12.4. The van der Waals surface area contributed by atoms with Gasteiger partial charge in [-0.05, 0) is 25.3 Å². The smallest absolute Gasteiger partial charge is 0.0764 e. The van der Waals surface area contributed by atoms with E-state index in [4.69, 9.17) is 16.7 Å². The molecule has 1 aromatic rings. The third-order valence-corrected chi connectivity index (χ3v) is 4.57. The van der Waals surface area contributed by atoms with Crippen molar-refractivity contribution in [2.75, 3.05) is 13.1 Å². The van der Waals surface area contributed by atoms with E-state index >= 15 is 0 Å². The zero-order valence-corrected chi connectivity index (χ0v) is 11.6. The second-order valence-electron chi connectivity index (χ2n) is 5.70. The number of halogens is 1. The molecule has 1 saturated carbocycles. The first-order valence-corrected chi connectivity index (χ1v) is 7.65. The van der Waals surface area contributed by atoms with E-state index in [9.17, 15) is 0 Å². The van der Waals surface area contributed by atoms with Crippen LogP contribution in [0.4, 0.5) is 0 Å². The van der Waals surface area contributed by atoms with Crippen molar-refractivity contribution in [3.8, 4) is 0 Å². The first-order valence-electron chi connectivity index (χ1n) is 7.22. The SMILES string of the molecule is ClC1CCN(Cc2ccn(C3CCCCC3)n2)C1. The molecule has 0 N–H and O–H groups in total. The summed E-state index contributed by atoms with van der Waals surface area (Å²) in [5, 5.41) is 5.09. The van der Waals surface area contributed by atoms with Crippen LogP contribution in [-0.2, 0) is 6.54 Å². The van der Waals surface area contributed by atoms with Crippen LogP contribution >= 0.6 is 11.6 Å². The summed E-state index contributed by atoms with van der Waals surface area (Å²) in [6, 6.07) is 2.82. The second kappa shape index (κ2) is 5.62. The number of alkyl halides is 1. The summed E-state index contributed by atoms with van der Waals surface area (Å²) in [5.41, 5.74) is 1.20. The predicted molar refractivity (Wildman–Crippen MR) is 73.9 cm³/mol. The van der Waals surface area contributed by atoms with Crippen LogP contribution in [0.1, 0.15) is 50.3 Å². The van der Waals surface area contributed by atoms with Crippen molar-refractivity contribution in [3.05, 3.63) is 18.0 Å². The van der Waals surface area contributed by atoms with Gasteiger partial charge in [0.2, 0.25) is 0 Å². The lowest BCUT2D eigenvalue weighted by molar-refractivity contribution is 0.310. The minimum Gasteiger partial charge on any atom is -0.296 e. The Labute approximate surface area is 114 Å². The van der Waals surface area contributed by atoms with Crippen LogP contribution in [0.5, 0.6) is 0 Å². The lowest BCUT2D eigenvalue weighted by Crippen LogP contribution is -2.21. The van der Waals surface area contributed by atoms with Gasteiger partial charge in [0.05, 0.1) is 11.7 Å².